The van der Waals surface area contributed by atoms with Crippen molar-refractivity contribution >= 4 is 41.3 Å². The van der Waals surface area contributed by atoms with Crippen LogP contribution < -0.4 is 10.1 Å². The van der Waals surface area contributed by atoms with Crippen molar-refractivity contribution in [3.05, 3.63) is 45.1 Å². The van der Waals surface area contributed by atoms with Gasteiger partial charge in [0, 0.05) is 28.6 Å². The molecule has 28 heavy (non-hydrogen) atoms. The lowest BCUT2D eigenvalue weighted by molar-refractivity contribution is 0.408. The van der Waals surface area contributed by atoms with E-state index in [4.69, 9.17) is 21.3 Å². The third-order valence-corrected chi connectivity index (χ3v) is 5.39. The van der Waals surface area contributed by atoms with Crippen LogP contribution in [0.3, 0.4) is 0 Å². The van der Waals surface area contributed by atoms with E-state index in [1.807, 2.05) is 25.3 Å². The smallest absolute Gasteiger partial charge is 0.175 e. The first-order valence-corrected chi connectivity index (χ1v) is 9.85. The van der Waals surface area contributed by atoms with Crippen LogP contribution in [0.15, 0.2) is 33.3 Å². The quantitative estimate of drug-likeness (QED) is 0.448. The predicted molar refractivity (Wildman–Crippen MR) is 116 cm³/mol. The van der Waals surface area contributed by atoms with Gasteiger partial charge in [-0.05, 0) is 32.2 Å². The number of benzene rings is 1. The Bertz CT molecular complexity index is 1010. The summed E-state index contributed by atoms with van der Waals surface area (Å²) in [7, 11) is 3.42. The summed E-state index contributed by atoms with van der Waals surface area (Å²) >= 11 is 8.06. The Kier molecular flexibility index (Phi) is 6.11. The molecule has 0 aliphatic carbocycles. The number of rotatable bonds is 6. The van der Waals surface area contributed by atoms with Crippen LogP contribution in [-0.2, 0) is 0 Å². The second-order valence-corrected chi connectivity index (χ2v) is 7.14. The van der Waals surface area contributed by atoms with E-state index in [0.717, 1.165) is 22.4 Å². The summed E-state index contributed by atoms with van der Waals surface area (Å²) < 4.78 is 5.77. The van der Waals surface area contributed by atoms with Crippen molar-refractivity contribution < 1.29 is 4.74 Å². The highest BCUT2D eigenvalue weighted by molar-refractivity contribution is 7.07. The van der Waals surface area contributed by atoms with Gasteiger partial charge >= 0.3 is 0 Å². The van der Waals surface area contributed by atoms with E-state index >= 15 is 0 Å². The average Bonchev–Trinajstić information content (AvgIpc) is 3.39. The van der Waals surface area contributed by atoms with Gasteiger partial charge in [0.15, 0.2) is 11.7 Å². The summed E-state index contributed by atoms with van der Waals surface area (Å²) in [6.45, 7) is 7.56. The Hall–Kier alpha value is -2.71. The van der Waals surface area contributed by atoms with Gasteiger partial charge in [-0.25, -0.2) is 15.0 Å². The van der Waals surface area contributed by atoms with Crippen LogP contribution in [-0.4, -0.2) is 41.7 Å². The van der Waals surface area contributed by atoms with Crippen LogP contribution >= 0.6 is 22.9 Å². The minimum absolute atomic E-state index is 0.293. The molecule has 2 heterocycles. The van der Waals surface area contributed by atoms with Crippen LogP contribution in [0, 0.1) is 6.92 Å². The summed E-state index contributed by atoms with van der Waals surface area (Å²) in [6.07, 6.45) is 1.58. The number of amidine groups is 1. The van der Waals surface area contributed by atoms with Crippen molar-refractivity contribution in [1.82, 2.24) is 15.0 Å². The van der Waals surface area contributed by atoms with Gasteiger partial charge in [0.2, 0.25) is 0 Å². The summed E-state index contributed by atoms with van der Waals surface area (Å²) in [5.41, 5.74) is 5.91. The van der Waals surface area contributed by atoms with Crippen molar-refractivity contribution in [2.24, 2.45) is 9.98 Å². The SMILES string of the molecule is C=NC(=NC(C)c1cc(Cl)c(C)c(-c2cscn2)c1OC)c1[nH]cnc1NC. The zero-order valence-corrected chi connectivity index (χ0v) is 17.6. The molecule has 0 bridgehead atoms. The number of aromatic nitrogens is 3. The van der Waals surface area contributed by atoms with E-state index in [-0.39, 0.29) is 6.04 Å². The van der Waals surface area contributed by atoms with Crippen LogP contribution in [0.5, 0.6) is 5.75 Å². The first kappa shape index (κ1) is 20.0. The lowest BCUT2D eigenvalue weighted by Gasteiger charge is -2.19. The fourth-order valence-corrected chi connectivity index (χ4v) is 3.77. The number of nitrogens with zero attached hydrogens (tertiary/aromatic N) is 4. The van der Waals surface area contributed by atoms with Gasteiger partial charge in [-0.1, -0.05) is 11.6 Å². The van der Waals surface area contributed by atoms with Crippen molar-refractivity contribution in [1.29, 1.82) is 0 Å². The number of anilines is 1. The van der Waals surface area contributed by atoms with Crippen LogP contribution in [0.2, 0.25) is 5.02 Å². The lowest BCUT2D eigenvalue weighted by Crippen LogP contribution is -2.06. The number of ether oxygens (including phenoxy) is 1. The molecule has 1 aromatic carbocycles. The van der Waals surface area contributed by atoms with Gasteiger partial charge < -0.3 is 15.0 Å². The maximum atomic E-state index is 6.54. The second kappa shape index (κ2) is 8.53. The van der Waals surface area contributed by atoms with Gasteiger partial charge in [-0.2, -0.15) is 0 Å². The normalized spacial score (nSPS) is 12.7. The first-order chi connectivity index (χ1) is 13.5. The Morgan fingerprint density at radius 3 is 2.82 bits per heavy atom. The molecule has 0 spiro atoms. The molecule has 0 saturated carbocycles. The molecule has 0 aliphatic heterocycles. The Morgan fingerprint density at radius 1 is 1.43 bits per heavy atom. The van der Waals surface area contributed by atoms with Crippen LogP contribution in [0.4, 0.5) is 5.82 Å². The summed E-state index contributed by atoms with van der Waals surface area (Å²) in [4.78, 5) is 20.5. The van der Waals surface area contributed by atoms with E-state index < -0.39 is 0 Å². The largest absolute Gasteiger partial charge is 0.496 e. The highest BCUT2D eigenvalue weighted by atomic mass is 35.5. The molecule has 0 fully saturated rings. The summed E-state index contributed by atoms with van der Waals surface area (Å²) in [6, 6.07) is 1.59. The number of thiazole rings is 1. The third kappa shape index (κ3) is 3.65. The number of H-pyrrole nitrogens is 1. The zero-order valence-electron chi connectivity index (χ0n) is 16.1. The number of hydrogen-bond donors (Lipinski definition) is 2. The molecule has 3 aromatic rings. The fourth-order valence-electron chi connectivity index (χ4n) is 3.01. The van der Waals surface area contributed by atoms with Crippen molar-refractivity contribution in [3.63, 3.8) is 0 Å². The highest BCUT2D eigenvalue weighted by Crippen LogP contribution is 2.42. The molecule has 0 radical (unpaired) electrons. The van der Waals surface area contributed by atoms with E-state index in [9.17, 15) is 0 Å². The average molecular weight is 417 g/mol. The monoisotopic (exact) mass is 416 g/mol. The molecule has 1 atom stereocenters. The number of halogens is 1. The summed E-state index contributed by atoms with van der Waals surface area (Å²) in [5.74, 6) is 1.80. The molecule has 0 amide bonds. The lowest BCUT2D eigenvalue weighted by atomic mass is 9.97. The molecule has 2 N–H and O–H groups in total. The molecule has 146 valence electrons. The Labute approximate surface area is 172 Å². The van der Waals surface area contributed by atoms with Crippen molar-refractivity contribution in [2.45, 2.75) is 19.9 Å². The number of aliphatic imine (C=N–C) groups is 2. The van der Waals surface area contributed by atoms with Crippen LogP contribution in [0.1, 0.15) is 29.8 Å². The van der Waals surface area contributed by atoms with Gasteiger partial charge in [-0.15, -0.1) is 11.3 Å². The molecular formula is C19H21ClN6OS. The molecule has 1 unspecified atom stereocenters. The Morgan fingerprint density at radius 2 is 2.21 bits per heavy atom. The fraction of sp³-hybridized carbons (Fsp3) is 0.263. The molecule has 2 aromatic heterocycles. The molecule has 3 rings (SSSR count). The maximum absolute atomic E-state index is 6.54. The highest BCUT2D eigenvalue weighted by Gasteiger charge is 2.22. The zero-order chi connectivity index (χ0) is 20.3. The molecule has 7 nitrogen and oxygen atoms in total. The molecular weight excluding hydrogens is 396 g/mol. The van der Waals surface area contributed by atoms with E-state index in [2.05, 4.69) is 32.0 Å². The number of aromatic amines is 1. The van der Waals surface area contributed by atoms with E-state index in [1.165, 1.54) is 11.3 Å². The van der Waals surface area contributed by atoms with Gasteiger partial charge in [0.25, 0.3) is 0 Å². The molecule has 0 aliphatic rings. The summed E-state index contributed by atoms with van der Waals surface area (Å²) in [5, 5.41) is 5.61. The Balaban J connectivity index is 2.14. The molecule has 0 saturated heterocycles. The topological polar surface area (TPSA) is 87.6 Å². The first-order valence-electron chi connectivity index (χ1n) is 8.53. The predicted octanol–water partition coefficient (Wildman–Crippen LogP) is 4.75. The number of imidazole rings is 1. The van der Waals surface area contributed by atoms with Gasteiger partial charge in [0.05, 0.1) is 30.7 Å². The van der Waals surface area contributed by atoms with Gasteiger partial charge in [0.1, 0.15) is 11.4 Å². The standard InChI is InChI=1S/C19H21ClN6OS/c1-10-13(20)6-12(17(27-5)15(10)14-7-28-9-25-14)11(2)26-19(22-4)16-18(21-3)24-8-23-16/h6-9,11,21H,4H2,1-3,5H3,(H,23,24). The van der Waals surface area contributed by atoms with Gasteiger partial charge in [-0.3, -0.25) is 4.99 Å². The minimum atomic E-state index is -0.293. The number of hydrogen-bond acceptors (Lipinski definition) is 6. The van der Waals surface area contributed by atoms with Crippen molar-refractivity contribution in [2.75, 3.05) is 19.5 Å². The minimum Gasteiger partial charge on any atom is -0.496 e. The number of methoxy groups -OCH3 is 1. The number of nitrogens with one attached hydrogen (secondary N) is 2. The second-order valence-electron chi connectivity index (χ2n) is 6.02. The molecule has 9 heteroatoms. The maximum Gasteiger partial charge on any atom is 0.175 e. The van der Waals surface area contributed by atoms with Crippen molar-refractivity contribution in [3.8, 4) is 17.0 Å². The van der Waals surface area contributed by atoms with E-state index in [0.29, 0.717) is 28.1 Å². The van der Waals surface area contributed by atoms with E-state index in [1.54, 1.807) is 26.0 Å². The third-order valence-electron chi connectivity index (χ3n) is 4.41. The van der Waals surface area contributed by atoms with Crippen LogP contribution in [0.25, 0.3) is 11.3 Å².